The standard InChI is InChI=1S/C16H15N3O5S2/c1-10-15(11-6-2-4-8-13(11)25(17,20)21)16(19-24-10)12-7-3-5-9-14(12)26(18,22)23/h2-9H,1H3,(H2,17,20,21)(H2,18,22,23). The summed E-state index contributed by atoms with van der Waals surface area (Å²) in [5.41, 5.74) is 0.938. The number of aromatic nitrogens is 1. The third-order valence-corrected chi connectivity index (χ3v) is 5.71. The molecule has 3 rings (SSSR count). The van der Waals surface area contributed by atoms with Crippen molar-refractivity contribution < 1.29 is 21.4 Å². The van der Waals surface area contributed by atoms with Gasteiger partial charge in [0, 0.05) is 11.1 Å². The van der Waals surface area contributed by atoms with Gasteiger partial charge in [-0.1, -0.05) is 41.6 Å². The van der Waals surface area contributed by atoms with Crippen molar-refractivity contribution in [2.24, 2.45) is 10.3 Å². The highest BCUT2D eigenvalue weighted by Gasteiger charge is 2.26. The number of benzene rings is 2. The van der Waals surface area contributed by atoms with E-state index in [0.29, 0.717) is 11.3 Å². The van der Waals surface area contributed by atoms with Gasteiger partial charge < -0.3 is 4.52 Å². The largest absolute Gasteiger partial charge is 0.360 e. The fraction of sp³-hybridized carbons (Fsp3) is 0.0625. The summed E-state index contributed by atoms with van der Waals surface area (Å²) in [7, 11) is -8.06. The fourth-order valence-electron chi connectivity index (χ4n) is 2.70. The van der Waals surface area contributed by atoms with Crippen LogP contribution in [-0.4, -0.2) is 22.0 Å². The molecule has 0 atom stereocenters. The average molecular weight is 393 g/mol. The van der Waals surface area contributed by atoms with E-state index >= 15 is 0 Å². The Morgan fingerprint density at radius 2 is 1.27 bits per heavy atom. The summed E-state index contributed by atoms with van der Waals surface area (Å²) in [5.74, 6) is 0.306. The van der Waals surface area contributed by atoms with Gasteiger partial charge >= 0.3 is 0 Å². The average Bonchev–Trinajstić information content (AvgIpc) is 2.94. The second-order valence-corrected chi connectivity index (χ2v) is 8.60. The predicted molar refractivity (Wildman–Crippen MR) is 94.9 cm³/mol. The number of nitrogens with two attached hydrogens (primary N) is 2. The van der Waals surface area contributed by atoms with E-state index in [1.54, 1.807) is 25.1 Å². The molecule has 0 aliphatic rings. The second kappa shape index (κ2) is 6.32. The van der Waals surface area contributed by atoms with Crippen LogP contribution in [0.1, 0.15) is 5.76 Å². The van der Waals surface area contributed by atoms with Crippen molar-refractivity contribution in [3.8, 4) is 22.4 Å². The van der Waals surface area contributed by atoms with Crippen LogP contribution in [0.15, 0.2) is 62.8 Å². The van der Waals surface area contributed by atoms with Crippen LogP contribution in [0, 0.1) is 6.92 Å². The third-order valence-electron chi connectivity index (χ3n) is 3.77. The fourth-order valence-corrected chi connectivity index (χ4v) is 4.19. The van der Waals surface area contributed by atoms with Crippen LogP contribution in [0.4, 0.5) is 0 Å². The summed E-state index contributed by atoms with van der Waals surface area (Å²) >= 11 is 0. The molecule has 0 fully saturated rings. The molecule has 26 heavy (non-hydrogen) atoms. The molecule has 0 saturated heterocycles. The van der Waals surface area contributed by atoms with Gasteiger partial charge in [0.25, 0.3) is 0 Å². The van der Waals surface area contributed by atoms with E-state index in [1.807, 2.05) is 0 Å². The number of primary sulfonamides is 2. The minimum Gasteiger partial charge on any atom is -0.360 e. The van der Waals surface area contributed by atoms with Crippen LogP contribution in [0.3, 0.4) is 0 Å². The molecule has 0 bridgehead atoms. The molecular weight excluding hydrogens is 378 g/mol. The lowest BCUT2D eigenvalue weighted by Crippen LogP contribution is -2.14. The van der Waals surface area contributed by atoms with Gasteiger partial charge in [0.15, 0.2) is 0 Å². The first kappa shape index (κ1) is 18.3. The van der Waals surface area contributed by atoms with E-state index in [1.165, 1.54) is 30.3 Å². The Morgan fingerprint density at radius 3 is 1.81 bits per heavy atom. The second-order valence-electron chi connectivity index (χ2n) is 5.54. The minimum absolute atomic E-state index is 0.124. The van der Waals surface area contributed by atoms with Crippen LogP contribution >= 0.6 is 0 Å². The van der Waals surface area contributed by atoms with Gasteiger partial charge in [0.1, 0.15) is 11.5 Å². The third kappa shape index (κ3) is 3.27. The predicted octanol–water partition coefficient (Wildman–Crippen LogP) is 1.61. The highest BCUT2D eigenvalue weighted by molar-refractivity contribution is 7.89. The number of rotatable bonds is 4. The van der Waals surface area contributed by atoms with Gasteiger partial charge in [-0.05, 0) is 19.1 Å². The molecule has 2 aromatic carbocycles. The molecule has 0 radical (unpaired) electrons. The molecule has 1 heterocycles. The van der Waals surface area contributed by atoms with Crippen molar-refractivity contribution in [2.75, 3.05) is 0 Å². The maximum atomic E-state index is 11.9. The molecule has 0 amide bonds. The lowest BCUT2D eigenvalue weighted by Gasteiger charge is -2.10. The SMILES string of the molecule is Cc1onc(-c2ccccc2S(N)(=O)=O)c1-c1ccccc1S(N)(=O)=O. The zero-order valence-corrected chi connectivity index (χ0v) is 15.2. The van der Waals surface area contributed by atoms with Crippen LogP contribution in [0.5, 0.6) is 0 Å². The van der Waals surface area contributed by atoms with Crippen molar-refractivity contribution in [3.05, 3.63) is 54.3 Å². The lowest BCUT2D eigenvalue weighted by molar-refractivity contribution is 0.400. The Balaban J connectivity index is 2.37. The zero-order chi connectivity index (χ0) is 19.1. The molecule has 0 unspecified atom stereocenters. The van der Waals surface area contributed by atoms with Gasteiger partial charge in [-0.15, -0.1) is 0 Å². The lowest BCUT2D eigenvalue weighted by atomic mass is 9.99. The maximum Gasteiger partial charge on any atom is 0.238 e. The molecule has 1 aromatic heterocycles. The Labute approximate surface area is 150 Å². The van der Waals surface area contributed by atoms with E-state index in [9.17, 15) is 16.8 Å². The first-order valence-corrected chi connectivity index (χ1v) is 10.4. The molecule has 136 valence electrons. The molecule has 3 aromatic rings. The number of hydrogen-bond donors (Lipinski definition) is 2. The summed E-state index contributed by atoms with van der Waals surface area (Å²) in [6, 6.07) is 12.0. The summed E-state index contributed by atoms with van der Waals surface area (Å²) in [5, 5.41) is 14.5. The molecule has 8 nitrogen and oxygen atoms in total. The van der Waals surface area contributed by atoms with Crippen molar-refractivity contribution >= 4 is 20.0 Å². The molecule has 0 spiro atoms. The molecule has 10 heteroatoms. The van der Waals surface area contributed by atoms with Crippen LogP contribution in [-0.2, 0) is 20.0 Å². The van der Waals surface area contributed by atoms with E-state index in [4.69, 9.17) is 14.8 Å². The summed E-state index contributed by atoms with van der Waals surface area (Å²) in [6.45, 7) is 1.59. The number of hydrogen-bond acceptors (Lipinski definition) is 6. The first-order chi connectivity index (χ1) is 12.1. The van der Waals surface area contributed by atoms with Crippen LogP contribution in [0.25, 0.3) is 22.4 Å². The smallest absolute Gasteiger partial charge is 0.238 e. The number of sulfonamides is 2. The van der Waals surface area contributed by atoms with Gasteiger partial charge in [0.05, 0.1) is 15.4 Å². The van der Waals surface area contributed by atoms with E-state index < -0.39 is 20.0 Å². The highest BCUT2D eigenvalue weighted by atomic mass is 32.2. The topological polar surface area (TPSA) is 146 Å². The summed E-state index contributed by atoms with van der Waals surface area (Å²) in [6.07, 6.45) is 0. The van der Waals surface area contributed by atoms with Crippen molar-refractivity contribution in [3.63, 3.8) is 0 Å². The number of nitrogens with zero attached hydrogens (tertiary/aromatic N) is 1. The Morgan fingerprint density at radius 1 is 0.808 bits per heavy atom. The quantitative estimate of drug-likeness (QED) is 0.688. The molecule has 0 saturated carbocycles. The minimum atomic E-state index is -4.03. The normalized spacial score (nSPS) is 12.3. The monoisotopic (exact) mass is 393 g/mol. The Hall–Kier alpha value is -2.53. The van der Waals surface area contributed by atoms with Crippen LogP contribution < -0.4 is 10.3 Å². The first-order valence-electron chi connectivity index (χ1n) is 7.31. The molecular formula is C16H15N3O5S2. The Bertz CT molecular complexity index is 1200. The molecule has 0 aliphatic carbocycles. The van der Waals surface area contributed by atoms with Gasteiger partial charge in [-0.25, -0.2) is 27.1 Å². The Kier molecular flexibility index (Phi) is 4.44. The van der Waals surface area contributed by atoms with Crippen molar-refractivity contribution in [1.29, 1.82) is 0 Å². The maximum absolute atomic E-state index is 11.9. The van der Waals surface area contributed by atoms with Crippen LogP contribution in [0.2, 0.25) is 0 Å². The zero-order valence-electron chi connectivity index (χ0n) is 13.6. The molecule has 4 N–H and O–H groups in total. The number of aryl methyl sites for hydroxylation is 1. The van der Waals surface area contributed by atoms with E-state index in [2.05, 4.69) is 5.16 Å². The summed E-state index contributed by atoms with van der Waals surface area (Å²) < 4.78 is 52.9. The van der Waals surface area contributed by atoms with Crippen molar-refractivity contribution in [2.45, 2.75) is 16.7 Å². The highest BCUT2D eigenvalue weighted by Crippen LogP contribution is 2.39. The van der Waals surface area contributed by atoms with Gasteiger partial charge in [-0.2, -0.15) is 0 Å². The van der Waals surface area contributed by atoms with E-state index in [0.717, 1.165) is 0 Å². The van der Waals surface area contributed by atoms with E-state index in [-0.39, 0.29) is 26.6 Å². The van der Waals surface area contributed by atoms with Gasteiger partial charge in [0.2, 0.25) is 20.0 Å². The van der Waals surface area contributed by atoms with Crippen molar-refractivity contribution in [1.82, 2.24) is 5.16 Å². The van der Waals surface area contributed by atoms with Gasteiger partial charge in [-0.3, -0.25) is 0 Å². The summed E-state index contributed by atoms with van der Waals surface area (Å²) in [4.78, 5) is -0.275. The molecule has 0 aliphatic heterocycles.